The highest BCUT2D eigenvalue weighted by molar-refractivity contribution is 5.47. The van der Waals surface area contributed by atoms with Crippen molar-refractivity contribution in [1.29, 1.82) is 0 Å². The number of ether oxygens (including phenoxy) is 1. The summed E-state index contributed by atoms with van der Waals surface area (Å²) < 4.78 is 5.47. The fraction of sp³-hybridized carbons (Fsp3) is 0.143. The highest BCUT2D eigenvalue weighted by Gasteiger charge is 2.10. The van der Waals surface area contributed by atoms with Gasteiger partial charge in [-0.1, -0.05) is 36.4 Å². The van der Waals surface area contributed by atoms with E-state index < -0.39 is 6.10 Å². The standard InChI is InChI=1S/C14H15NO2/c15-13-9-5-4-8-12(13)14(16)10-17-11-6-2-1-3-7-11/h1-9,14,16H,10,15H2. The number of aliphatic hydroxyl groups excluding tert-OH is 1. The number of rotatable bonds is 4. The fourth-order valence-corrected chi connectivity index (χ4v) is 1.60. The zero-order valence-electron chi connectivity index (χ0n) is 9.41. The van der Waals surface area contributed by atoms with Gasteiger partial charge in [0, 0.05) is 11.3 Å². The fourth-order valence-electron chi connectivity index (χ4n) is 1.60. The third kappa shape index (κ3) is 2.98. The summed E-state index contributed by atoms with van der Waals surface area (Å²) in [7, 11) is 0. The molecule has 1 atom stereocenters. The SMILES string of the molecule is Nc1ccccc1C(O)COc1ccccc1. The Kier molecular flexibility index (Phi) is 3.62. The summed E-state index contributed by atoms with van der Waals surface area (Å²) in [6.45, 7) is 0.193. The van der Waals surface area contributed by atoms with E-state index in [2.05, 4.69) is 0 Å². The van der Waals surface area contributed by atoms with Gasteiger partial charge in [-0.15, -0.1) is 0 Å². The van der Waals surface area contributed by atoms with Crippen molar-refractivity contribution in [2.75, 3.05) is 12.3 Å². The molecule has 0 amide bonds. The Morgan fingerprint density at radius 2 is 1.65 bits per heavy atom. The van der Waals surface area contributed by atoms with Gasteiger partial charge in [-0.3, -0.25) is 0 Å². The predicted molar refractivity (Wildman–Crippen MR) is 67.8 cm³/mol. The van der Waals surface area contributed by atoms with Crippen molar-refractivity contribution in [2.24, 2.45) is 0 Å². The van der Waals surface area contributed by atoms with Gasteiger partial charge in [-0.25, -0.2) is 0 Å². The number of anilines is 1. The van der Waals surface area contributed by atoms with Gasteiger partial charge in [-0.05, 0) is 18.2 Å². The van der Waals surface area contributed by atoms with Crippen molar-refractivity contribution in [1.82, 2.24) is 0 Å². The Morgan fingerprint density at radius 3 is 2.35 bits per heavy atom. The molecule has 3 heteroatoms. The van der Waals surface area contributed by atoms with E-state index >= 15 is 0 Å². The normalized spacial score (nSPS) is 12.1. The van der Waals surface area contributed by atoms with Crippen LogP contribution in [0.1, 0.15) is 11.7 Å². The smallest absolute Gasteiger partial charge is 0.119 e. The van der Waals surface area contributed by atoms with Crippen LogP contribution in [0, 0.1) is 0 Å². The van der Waals surface area contributed by atoms with Gasteiger partial charge in [0.1, 0.15) is 18.5 Å². The lowest BCUT2D eigenvalue weighted by molar-refractivity contribution is 0.109. The van der Waals surface area contributed by atoms with Crippen LogP contribution < -0.4 is 10.5 Å². The number of para-hydroxylation sites is 2. The van der Waals surface area contributed by atoms with E-state index in [-0.39, 0.29) is 6.61 Å². The molecule has 0 radical (unpaired) electrons. The van der Waals surface area contributed by atoms with Crippen LogP contribution in [0.4, 0.5) is 5.69 Å². The summed E-state index contributed by atoms with van der Waals surface area (Å²) in [6.07, 6.45) is -0.712. The first-order valence-electron chi connectivity index (χ1n) is 5.47. The first kappa shape index (κ1) is 11.5. The Morgan fingerprint density at radius 1 is 1.00 bits per heavy atom. The lowest BCUT2D eigenvalue weighted by Crippen LogP contribution is -2.11. The highest BCUT2D eigenvalue weighted by atomic mass is 16.5. The lowest BCUT2D eigenvalue weighted by Gasteiger charge is -2.14. The molecule has 0 aliphatic rings. The molecule has 88 valence electrons. The van der Waals surface area contributed by atoms with E-state index in [0.717, 1.165) is 5.75 Å². The Hall–Kier alpha value is -2.00. The van der Waals surface area contributed by atoms with E-state index in [1.54, 1.807) is 12.1 Å². The molecule has 0 spiro atoms. The second kappa shape index (κ2) is 5.37. The Balaban J connectivity index is 1.99. The van der Waals surface area contributed by atoms with Gasteiger partial charge >= 0.3 is 0 Å². The number of hydrogen-bond donors (Lipinski definition) is 2. The molecule has 0 saturated heterocycles. The number of aliphatic hydroxyl groups is 1. The highest BCUT2D eigenvalue weighted by Crippen LogP contribution is 2.21. The molecular formula is C14H15NO2. The van der Waals surface area contributed by atoms with Crippen LogP contribution in [-0.2, 0) is 0 Å². The van der Waals surface area contributed by atoms with Crippen LogP contribution in [0.15, 0.2) is 54.6 Å². The molecule has 3 N–H and O–H groups in total. The molecule has 1 unspecified atom stereocenters. The lowest BCUT2D eigenvalue weighted by atomic mass is 10.1. The summed E-state index contributed by atoms with van der Waals surface area (Å²) in [5.41, 5.74) is 7.05. The van der Waals surface area contributed by atoms with Crippen LogP contribution in [0.5, 0.6) is 5.75 Å². The second-order valence-electron chi connectivity index (χ2n) is 3.77. The van der Waals surface area contributed by atoms with Crippen molar-refractivity contribution in [3.63, 3.8) is 0 Å². The maximum absolute atomic E-state index is 9.96. The van der Waals surface area contributed by atoms with Gasteiger partial charge < -0.3 is 15.6 Å². The van der Waals surface area contributed by atoms with E-state index in [1.807, 2.05) is 42.5 Å². The first-order chi connectivity index (χ1) is 8.27. The van der Waals surface area contributed by atoms with Gasteiger partial charge in [0.2, 0.25) is 0 Å². The minimum absolute atomic E-state index is 0.193. The summed E-state index contributed by atoms with van der Waals surface area (Å²) in [5, 5.41) is 9.96. The average Bonchev–Trinajstić information content (AvgIpc) is 2.38. The molecule has 0 fully saturated rings. The van der Waals surface area contributed by atoms with Crippen molar-refractivity contribution in [2.45, 2.75) is 6.10 Å². The van der Waals surface area contributed by atoms with Gasteiger partial charge in [0.05, 0.1) is 0 Å². The Bertz CT molecular complexity index is 471. The van der Waals surface area contributed by atoms with E-state index in [0.29, 0.717) is 11.3 Å². The molecule has 17 heavy (non-hydrogen) atoms. The van der Waals surface area contributed by atoms with Gasteiger partial charge in [0.15, 0.2) is 0 Å². The molecule has 2 aromatic carbocycles. The largest absolute Gasteiger partial charge is 0.491 e. The quantitative estimate of drug-likeness (QED) is 0.791. The van der Waals surface area contributed by atoms with Crippen molar-refractivity contribution < 1.29 is 9.84 Å². The topological polar surface area (TPSA) is 55.5 Å². The summed E-state index contributed by atoms with van der Waals surface area (Å²) in [6, 6.07) is 16.6. The Labute approximate surface area is 100 Å². The third-order valence-corrected chi connectivity index (χ3v) is 2.51. The summed E-state index contributed by atoms with van der Waals surface area (Å²) >= 11 is 0. The summed E-state index contributed by atoms with van der Waals surface area (Å²) in [4.78, 5) is 0. The molecule has 0 bridgehead atoms. The maximum Gasteiger partial charge on any atom is 0.119 e. The first-order valence-corrected chi connectivity index (χ1v) is 5.47. The maximum atomic E-state index is 9.96. The van der Waals surface area contributed by atoms with Crippen molar-refractivity contribution >= 4 is 5.69 Å². The average molecular weight is 229 g/mol. The zero-order chi connectivity index (χ0) is 12.1. The number of nitrogens with two attached hydrogens (primary N) is 1. The van der Waals surface area contributed by atoms with Crippen molar-refractivity contribution in [3.05, 3.63) is 60.2 Å². The number of benzene rings is 2. The van der Waals surface area contributed by atoms with Crippen LogP contribution >= 0.6 is 0 Å². The molecule has 3 nitrogen and oxygen atoms in total. The molecular weight excluding hydrogens is 214 g/mol. The molecule has 0 aliphatic carbocycles. The molecule has 0 saturated carbocycles. The van der Waals surface area contributed by atoms with Gasteiger partial charge in [0.25, 0.3) is 0 Å². The van der Waals surface area contributed by atoms with E-state index in [4.69, 9.17) is 10.5 Å². The third-order valence-electron chi connectivity index (χ3n) is 2.51. The van der Waals surface area contributed by atoms with Crippen molar-refractivity contribution in [3.8, 4) is 5.75 Å². The molecule has 2 aromatic rings. The van der Waals surface area contributed by atoms with E-state index in [9.17, 15) is 5.11 Å². The predicted octanol–water partition coefficient (Wildman–Crippen LogP) is 2.38. The molecule has 0 aliphatic heterocycles. The van der Waals surface area contributed by atoms with Gasteiger partial charge in [-0.2, -0.15) is 0 Å². The second-order valence-corrected chi connectivity index (χ2v) is 3.77. The monoisotopic (exact) mass is 229 g/mol. The van der Waals surface area contributed by atoms with Crippen LogP contribution in [-0.4, -0.2) is 11.7 Å². The van der Waals surface area contributed by atoms with Crippen LogP contribution in [0.25, 0.3) is 0 Å². The van der Waals surface area contributed by atoms with Crippen LogP contribution in [0.2, 0.25) is 0 Å². The number of nitrogen functional groups attached to an aromatic ring is 1. The van der Waals surface area contributed by atoms with E-state index in [1.165, 1.54) is 0 Å². The molecule has 2 rings (SSSR count). The molecule has 0 aromatic heterocycles. The number of hydrogen-bond acceptors (Lipinski definition) is 3. The zero-order valence-corrected chi connectivity index (χ0v) is 9.41. The summed E-state index contributed by atoms with van der Waals surface area (Å²) in [5.74, 6) is 0.737. The molecule has 0 heterocycles. The minimum Gasteiger partial charge on any atom is -0.491 e. The van der Waals surface area contributed by atoms with Crippen LogP contribution in [0.3, 0.4) is 0 Å². The minimum atomic E-state index is -0.712.